The molecule has 1 aliphatic rings. The Morgan fingerprint density at radius 2 is 2.11 bits per heavy atom. The topological polar surface area (TPSA) is 17.8 Å². The van der Waals surface area contributed by atoms with E-state index in [0.29, 0.717) is 11.8 Å². The predicted octanol–water partition coefficient (Wildman–Crippen LogP) is 3.58. The molecule has 1 aromatic heterocycles. The minimum Gasteiger partial charge on any atom is -0.269 e. The minimum atomic E-state index is 0.554. The first-order chi connectivity index (χ1) is 8.70. The highest BCUT2D eigenvalue weighted by atomic mass is 35.5. The summed E-state index contributed by atoms with van der Waals surface area (Å²) < 4.78 is 2.12. The maximum absolute atomic E-state index is 5.96. The molecule has 1 aliphatic carbocycles. The van der Waals surface area contributed by atoms with Gasteiger partial charge in [-0.1, -0.05) is 24.3 Å². The van der Waals surface area contributed by atoms with Gasteiger partial charge in [0.1, 0.15) is 0 Å². The number of aryl methyl sites for hydroxylation is 1. The second-order valence-corrected chi connectivity index (χ2v) is 5.33. The monoisotopic (exact) mass is 260 g/mol. The van der Waals surface area contributed by atoms with Gasteiger partial charge in [0.05, 0.1) is 11.6 Å². The number of hydrogen-bond acceptors (Lipinski definition) is 1. The molecule has 0 radical (unpaired) electrons. The van der Waals surface area contributed by atoms with Crippen molar-refractivity contribution in [2.45, 2.75) is 38.6 Å². The maximum Gasteiger partial charge on any atom is 0.0640 e. The van der Waals surface area contributed by atoms with Gasteiger partial charge in [0, 0.05) is 23.7 Å². The van der Waals surface area contributed by atoms with Crippen molar-refractivity contribution < 1.29 is 0 Å². The summed E-state index contributed by atoms with van der Waals surface area (Å²) >= 11 is 5.96. The minimum absolute atomic E-state index is 0.554. The molecule has 2 nitrogen and oxygen atoms in total. The van der Waals surface area contributed by atoms with E-state index in [-0.39, 0.29) is 0 Å². The van der Waals surface area contributed by atoms with Gasteiger partial charge in [0.15, 0.2) is 0 Å². The van der Waals surface area contributed by atoms with Gasteiger partial charge < -0.3 is 0 Å². The molecule has 2 aromatic rings. The number of aromatic nitrogens is 2. The van der Waals surface area contributed by atoms with Crippen LogP contribution in [-0.2, 0) is 18.8 Å². The third kappa shape index (κ3) is 1.76. The van der Waals surface area contributed by atoms with E-state index in [1.807, 2.05) is 6.92 Å². The van der Waals surface area contributed by atoms with Crippen LogP contribution in [0.1, 0.15) is 34.0 Å². The molecule has 0 bridgehead atoms. The van der Waals surface area contributed by atoms with Gasteiger partial charge in [-0.05, 0) is 31.4 Å². The van der Waals surface area contributed by atoms with Crippen LogP contribution in [0.15, 0.2) is 24.3 Å². The summed E-state index contributed by atoms with van der Waals surface area (Å²) in [5.74, 6) is 1.17. The van der Waals surface area contributed by atoms with Crippen LogP contribution in [-0.4, -0.2) is 9.78 Å². The lowest BCUT2D eigenvalue weighted by Gasteiger charge is -2.30. The molecular weight excluding hydrogens is 244 g/mol. The lowest BCUT2D eigenvalue weighted by molar-refractivity contribution is 0.466. The Labute approximate surface area is 113 Å². The lowest BCUT2D eigenvalue weighted by atomic mass is 9.77. The van der Waals surface area contributed by atoms with Crippen LogP contribution >= 0.6 is 11.6 Å². The molecule has 1 heterocycles. The molecule has 1 unspecified atom stereocenters. The summed E-state index contributed by atoms with van der Waals surface area (Å²) in [6.45, 7) is 5.12. The van der Waals surface area contributed by atoms with E-state index in [2.05, 4.69) is 41.0 Å². The zero-order valence-electron chi connectivity index (χ0n) is 10.8. The highest BCUT2D eigenvalue weighted by molar-refractivity contribution is 6.17. The highest BCUT2D eigenvalue weighted by Gasteiger charge is 2.26. The van der Waals surface area contributed by atoms with Gasteiger partial charge in [-0.3, -0.25) is 4.68 Å². The van der Waals surface area contributed by atoms with Crippen LogP contribution < -0.4 is 0 Å². The van der Waals surface area contributed by atoms with Crippen molar-refractivity contribution in [3.05, 3.63) is 52.3 Å². The third-order valence-electron chi connectivity index (χ3n) is 4.02. The van der Waals surface area contributed by atoms with Crippen LogP contribution in [0.4, 0.5) is 0 Å². The molecule has 0 aliphatic heterocycles. The van der Waals surface area contributed by atoms with Gasteiger partial charge in [-0.2, -0.15) is 5.10 Å². The fourth-order valence-electron chi connectivity index (χ4n) is 2.84. The van der Waals surface area contributed by atoms with Crippen molar-refractivity contribution in [2.75, 3.05) is 0 Å². The molecule has 0 saturated carbocycles. The molecular formula is C15H17ClN2. The maximum atomic E-state index is 5.96. The summed E-state index contributed by atoms with van der Waals surface area (Å²) in [4.78, 5) is 0. The van der Waals surface area contributed by atoms with Gasteiger partial charge in [-0.15, -0.1) is 11.6 Å². The average Bonchev–Trinajstić information content (AvgIpc) is 2.61. The molecule has 0 saturated heterocycles. The van der Waals surface area contributed by atoms with E-state index in [0.717, 1.165) is 12.2 Å². The van der Waals surface area contributed by atoms with E-state index in [1.165, 1.54) is 28.8 Å². The molecule has 0 fully saturated rings. The summed E-state index contributed by atoms with van der Waals surface area (Å²) in [5.41, 5.74) is 6.44. The van der Waals surface area contributed by atoms with E-state index in [1.54, 1.807) is 0 Å². The van der Waals surface area contributed by atoms with Crippen molar-refractivity contribution in [1.29, 1.82) is 0 Å². The number of nitrogens with zero attached hydrogens (tertiary/aromatic N) is 2. The van der Waals surface area contributed by atoms with E-state index < -0.39 is 0 Å². The van der Waals surface area contributed by atoms with Crippen molar-refractivity contribution in [1.82, 2.24) is 9.78 Å². The Balaban J connectivity index is 1.83. The molecule has 1 aromatic carbocycles. The van der Waals surface area contributed by atoms with Gasteiger partial charge in [0.25, 0.3) is 0 Å². The molecule has 0 spiro atoms. The van der Waals surface area contributed by atoms with E-state index in [9.17, 15) is 0 Å². The summed E-state index contributed by atoms with van der Waals surface area (Å²) in [6, 6.07) is 8.69. The normalized spacial score (nSPS) is 17.4. The van der Waals surface area contributed by atoms with Gasteiger partial charge in [-0.25, -0.2) is 0 Å². The summed E-state index contributed by atoms with van der Waals surface area (Å²) in [7, 11) is 0. The van der Waals surface area contributed by atoms with E-state index in [4.69, 9.17) is 11.6 Å². The Kier molecular flexibility index (Phi) is 2.90. The summed E-state index contributed by atoms with van der Waals surface area (Å²) in [6.07, 6.45) is 1.17. The molecule has 0 amide bonds. The zero-order valence-corrected chi connectivity index (χ0v) is 11.5. The van der Waals surface area contributed by atoms with Crippen LogP contribution in [0.3, 0.4) is 0 Å². The number of fused-ring (bicyclic) bond motifs is 1. The number of rotatable bonds is 3. The van der Waals surface area contributed by atoms with E-state index >= 15 is 0 Å². The molecule has 0 N–H and O–H groups in total. The molecule has 3 heteroatoms. The second kappa shape index (κ2) is 4.43. The SMILES string of the molecule is Cc1nn(CC2Cc3ccccc32)c(C)c1CCl. The molecule has 1 atom stereocenters. The first kappa shape index (κ1) is 11.8. The summed E-state index contributed by atoms with van der Waals surface area (Å²) in [5, 5.41) is 4.61. The molecule has 94 valence electrons. The number of hydrogen-bond donors (Lipinski definition) is 0. The van der Waals surface area contributed by atoms with Crippen LogP contribution in [0.2, 0.25) is 0 Å². The van der Waals surface area contributed by atoms with Crippen molar-refractivity contribution in [3.63, 3.8) is 0 Å². The Bertz CT molecular complexity index is 586. The fourth-order valence-corrected chi connectivity index (χ4v) is 3.23. The predicted molar refractivity (Wildman–Crippen MR) is 74.1 cm³/mol. The van der Waals surface area contributed by atoms with Gasteiger partial charge in [0.2, 0.25) is 0 Å². The molecule has 18 heavy (non-hydrogen) atoms. The zero-order chi connectivity index (χ0) is 12.7. The largest absolute Gasteiger partial charge is 0.269 e. The quantitative estimate of drug-likeness (QED) is 0.772. The smallest absolute Gasteiger partial charge is 0.0640 e. The standard InChI is InChI=1S/C15H17ClN2/c1-10-15(8-16)11(2)18(17-10)9-13-7-12-5-3-4-6-14(12)13/h3-6,13H,7-9H2,1-2H3. The second-order valence-electron chi connectivity index (χ2n) is 5.06. The number of halogens is 1. The van der Waals surface area contributed by atoms with Crippen molar-refractivity contribution in [2.24, 2.45) is 0 Å². The van der Waals surface area contributed by atoms with Crippen molar-refractivity contribution >= 4 is 11.6 Å². The third-order valence-corrected chi connectivity index (χ3v) is 4.29. The van der Waals surface area contributed by atoms with Crippen LogP contribution in [0.25, 0.3) is 0 Å². The Morgan fingerprint density at radius 1 is 1.33 bits per heavy atom. The first-order valence-electron chi connectivity index (χ1n) is 6.37. The number of benzene rings is 1. The van der Waals surface area contributed by atoms with Crippen LogP contribution in [0.5, 0.6) is 0 Å². The number of alkyl halides is 1. The molecule has 3 rings (SSSR count). The van der Waals surface area contributed by atoms with Crippen molar-refractivity contribution in [3.8, 4) is 0 Å². The van der Waals surface area contributed by atoms with Crippen LogP contribution in [0, 0.1) is 13.8 Å². The fraction of sp³-hybridized carbons (Fsp3) is 0.400. The lowest BCUT2D eigenvalue weighted by Crippen LogP contribution is -2.23. The van der Waals surface area contributed by atoms with Gasteiger partial charge >= 0.3 is 0 Å². The average molecular weight is 261 g/mol. The highest BCUT2D eigenvalue weighted by Crippen LogP contribution is 2.36. The Morgan fingerprint density at radius 3 is 2.78 bits per heavy atom. The first-order valence-corrected chi connectivity index (χ1v) is 6.90. The Hall–Kier alpha value is -1.28.